The summed E-state index contributed by atoms with van der Waals surface area (Å²) in [5.74, 6) is -3.94. The molecule has 0 rings (SSSR count). The van der Waals surface area contributed by atoms with Gasteiger partial charge in [-0.1, -0.05) is 0 Å². The van der Waals surface area contributed by atoms with Crippen LogP contribution in [0.5, 0.6) is 0 Å². The molecule has 0 heterocycles. The summed E-state index contributed by atoms with van der Waals surface area (Å²) >= 11 is 0. The summed E-state index contributed by atoms with van der Waals surface area (Å²) in [4.78, 5) is 58.9. The van der Waals surface area contributed by atoms with Crippen LogP contribution in [0.25, 0.3) is 0 Å². The van der Waals surface area contributed by atoms with Crippen molar-refractivity contribution in [3.8, 4) is 0 Å². The second-order valence-corrected chi connectivity index (χ2v) is 6.77. The Hall–Kier alpha value is -2.73. The van der Waals surface area contributed by atoms with Crippen molar-refractivity contribution < 1.29 is 29.1 Å². The van der Waals surface area contributed by atoms with Crippen molar-refractivity contribution in [2.24, 2.45) is 17.2 Å². The Kier molecular flexibility index (Phi) is 12.2. The normalized spacial score (nSPS) is 14.8. The van der Waals surface area contributed by atoms with Crippen molar-refractivity contribution in [2.75, 3.05) is 6.54 Å². The van der Waals surface area contributed by atoms with Crippen molar-refractivity contribution in [1.82, 2.24) is 16.0 Å². The van der Waals surface area contributed by atoms with E-state index in [4.69, 9.17) is 22.3 Å². The molecule has 12 heteroatoms. The number of nitrogens with one attached hydrogen (secondary N) is 3. The molecule has 0 bridgehead atoms. The molecule has 166 valence electrons. The molecule has 0 saturated heterocycles. The monoisotopic (exact) mass is 416 g/mol. The molecule has 0 radical (unpaired) electrons. The van der Waals surface area contributed by atoms with Crippen LogP contribution in [-0.4, -0.2) is 65.4 Å². The number of primary amides is 1. The molecule has 0 aliphatic heterocycles. The molecule has 0 aliphatic carbocycles. The molecule has 10 N–H and O–H groups in total. The van der Waals surface area contributed by atoms with Crippen molar-refractivity contribution in [2.45, 2.75) is 70.1 Å². The first-order valence-corrected chi connectivity index (χ1v) is 9.37. The van der Waals surface area contributed by atoms with E-state index in [9.17, 15) is 24.0 Å². The van der Waals surface area contributed by atoms with Gasteiger partial charge in [-0.25, -0.2) is 0 Å². The molecule has 0 aliphatic rings. The third-order valence-corrected chi connectivity index (χ3v) is 4.04. The number of amides is 4. The highest BCUT2D eigenvalue weighted by Crippen LogP contribution is 2.05. The number of carbonyl (C=O) groups excluding carboxylic acids is 4. The van der Waals surface area contributed by atoms with Gasteiger partial charge in [-0.05, 0) is 46.1 Å². The van der Waals surface area contributed by atoms with Gasteiger partial charge in [-0.3, -0.25) is 24.0 Å². The molecule has 0 saturated carbocycles. The number of unbranched alkanes of at least 4 members (excludes halogenated alkanes) is 1. The highest BCUT2D eigenvalue weighted by molar-refractivity contribution is 5.94. The SMILES string of the molecule is CC(N)C(=O)NC(CCCCN)C(=O)NC(CCC(N)=O)C(=O)NC(C)C(=O)O. The second kappa shape index (κ2) is 13.4. The Labute approximate surface area is 169 Å². The standard InChI is InChI=1S/C17H32N6O6/c1-9(19)14(25)22-11(5-3-4-8-18)16(27)23-12(6-7-13(20)24)15(26)21-10(2)17(28)29/h9-12H,3-8,18-19H2,1-2H3,(H2,20,24)(H,21,26)(H,22,25)(H,23,27)(H,28,29). The fourth-order valence-electron chi connectivity index (χ4n) is 2.27. The van der Waals surface area contributed by atoms with Gasteiger partial charge >= 0.3 is 5.97 Å². The zero-order chi connectivity index (χ0) is 22.6. The summed E-state index contributed by atoms with van der Waals surface area (Å²) in [5.41, 5.74) is 16.1. The topological polar surface area (TPSA) is 220 Å². The van der Waals surface area contributed by atoms with Crippen molar-refractivity contribution in [3.05, 3.63) is 0 Å². The minimum absolute atomic E-state index is 0.129. The Morgan fingerprint density at radius 2 is 1.38 bits per heavy atom. The van der Waals surface area contributed by atoms with E-state index in [1.807, 2.05) is 0 Å². The molecule has 4 amide bonds. The van der Waals surface area contributed by atoms with Crippen LogP contribution in [0.4, 0.5) is 0 Å². The number of carbonyl (C=O) groups is 5. The van der Waals surface area contributed by atoms with Gasteiger partial charge in [0.15, 0.2) is 0 Å². The van der Waals surface area contributed by atoms with Crippen LogP contribution in [0.2, 0.25) is 0 Å². The minimum atomic E-state index is -1.26. The predicted molar refractivity (Wildman–Crippen MR) is 104 cm³/mol. The van der Waals surface area contributed by atoms with Gasteiger partial charge in [0.05, 0.1) is 6.04 Å². The van der Waals surface area contributed by atoms with Gasteiger partial charge in [0.1, 0.15) is 18.1 Å². The van der Waals surface area contributed by atoms with Crippen molar-refractivity contribution in [1.29, 1.82) is 0 Å². The van der Waals surface area contributed by atoms with E-state index < -0.39 is 53.8 Å². The van der Waals surface area contributed by atoms with Gasteiger partial charge in [-0.15, -0.1) is 0 Å². The largest absolute Gasteiger partial charge is 0.480 e. The molecule has 0 fully saturated rings. The average molecular weight is 416 g/mol. The lowest BCUT2D eigenvalue weighted by Crippen LogP contribution is -2.56. The Morgan fingerprint density at radius 1 is 0.862 bits per heavy atom. The first-order valence-electron chi connectivity index (χ1n) is 9.37. The molecular formula is C17H32N6O6. The van der Waals surface area contributed by atoms with Gasteiger partial charge in [0.2, 0.25) is 23.6 Å². The number of nitrogens with two attached hydrogens (primary N) is 3. The number of hydrogen-bond donors (Lipinski definition) is 7. The highest BCUT2D eigenvalue weighted by Gasteiger charge is 2.28. The quantitative estimate of drug-likeness (QED) is 0.147. The maximum atomic E-state index is 12.7. The Morgan fingerprint density at radius 3 is 1.86 bits per heavy atom. The molecule has 4 unspecified atom stereocenters. The number of carboxylic acids is 1. The summed E-state index contributed by atoms with van der Waals surface area (Å²) in [6.45, 7) is 3.12. The van der Waals surface area contributed by atoms with E-state index in [2.05, 4.69) is 16.0 Å². The van der Waals surface area contributed by atoms with Crippen molar-refractivity contribution >= 4 is 29.6 Å². The van der Waals surface area contributed by atoms with Crippen LogP contribution >= 0.6 is 0 Å². The van der Waals surface area contributed by atoms with E-state index in [1.54, 1.807) is 0 Å². The molecule has 0 aromatic heterocycles. The maximum absolute atomic E-state index is 12.7. The lowest BCUT2D eigenvalue weighted by atomic mass is 10.1. The molecule has 12 nitrogen and oxygen atoms in total. The molecule has 0 aromatic rings. The fourth-order valence-corrected chi connectivity index (χ4v) is 2.27. The molecular weight excluding hydrogens is 384 g/mol. The summed E-state index contributed by atoms with van der Waals surface area (Å²) in [7, 11) is 0. The van der Waals surface area contributed by atoms with Gasteiger partial charge in [-0.2, -0.15) is 0 Å². The van der Waals surface area contributed by atoms with Crippen LogP contribution in [0.15, 0.2) is 0 Å². The third kappa shape index (κ3) is 11.0. The zero-order valence-corrected chi connectivity index (χ0v) is 16.8. The fraction of sp³-hybridized carbons (Fsp3) is 0.706. The number of carboxylic acid groups (broad SMARTS) is 1. The predicted octanol–water partition coefficient (Wildman–Crippen LogP) is -2.71. The first kappa shape index (κ1) is 26.3. The highest BCUT2D eigenvalue weighted by atomic mass is 16.4. The van der Waals surface area contributed by atoms with E-state index in [0.717, 1.165) is 0 Å². The summed E-state index contributed by atoms with van der Waals surface area (Å²) < 4.78 is 0. The van der Waals surface area contributed by atoms with Crippen LogP contribution in [0, 0.1) is 0 Å². The number of hydrogen-bond acceptors (Lipinski definition) is 7. The minimum Gasteiger partial charge on any atom is -0.480 e. The second-order valence-electron chi connectivity index (χ2n) is 6.77. The Bertz CT molecular complexity index is 597. The lowest BCUT2D eigenvalue weighted by molar-refractivity contribution is -0.142. The Balaban J connectivity index is 5.28. The average Bonchev–Trinajstić information content (AvgIpc) is 2.63. The van der Waals surface area contributed by atoms with Crippen LogP contribution in [-0.2, 0) is 24.0 Å². The number of rotatable bonds is 14. The number of aliphatic carboxylic acids is 1. The smallest absolute Gasteiger partial charge is 0.325 e. The summed E-state index contributed by atoms with van der Waals surface area (Å²) in [5, 5.41) is 16.1. The molecule has 4 atom stereocenters. The molecule has 29 heavy (non-hydrogen) atoms. The van der Waals surface area contributed by atoms with Crippen LogP contribution in [0.3, 0.4) is 0 Å². The molecule has 0 aromatic carbocycles. The van der Waals surface area contributed by atoms with Gasteiger partial charge < -0.3 is 38.3 Å². The van der Waals surface area contributed by atoms with Crippen LogP contribution < -0.4 is 33.2 Å². The zero-order valence-electron chi connectivity index (χ0n) is 16.8. The van der Waals surface area contributed by atoms with Crippen molar-refractivity contribution in [3.63, 3.8) is 0 Å². The maximum Gasteiger partial charge on any atom is 0.325 e. The lowest BCUT2D eigenvalue weighted by Gasteiger charge is -2.24. The summed E-state index contributed by atoms with van der Waals surface area (Å²) in [6, 6.07) is -4.22. The van der Waals surface area contributed by atoms with E-state index >= 15 is 0 Å². The van der Waals surface area contributed by atoms with E-state index in [-0.39, 0.29) is 19.3 Å². The third-order valence-electron chi connectivity index (χ3n) is 4.04. The van der Waals surface area contributed by atoms with Gasteiger partial charge in [0, 0.05) is 6.42 Å². The van der Waals surface area contributed by atoms with E-state index in [1.165, 1.54) is 13.8 Å². The summed E-state index contributed by atoms with van der Waals surface area (Å²) in [6.07, 6.45) is 1.10. The van der Waals surface area contributed by atoms with Gasteiger partial charge in [0.25, 0.3) is 0 Å². The molecule has 0 spiro atoms. The van der Waals surface area contributed by atoms with E-state index in [0.29, 0.717) is 19.4 Å². The first-order chi connectivity index (χ1) is 13.5. The van der Waals surface area contributed by atoms with Crippen LogP contribution in [0.1, 0.15) is 46.0 Å².